The Bertz CT molecular complexity index is 385. The molecule has 1 rings (SSSR count). The van der Waals surface area contributed by atoms with E-state index in [0.29, 0.717) is 13.1 Å². The molecule has 0 aliphatic rings. The number of aryl methyl sites for hydroxylation is 1. The third kappa shape index (κ3) is 2.83. The average molecular weight is 215 g/mol. The SMILES string of the molecule is C=CCN(CC=C)C(=O)c1ccccc1C. The van der Waals surface area contributed by atoms with Crippen LogP contribution in [0.15, 0.2) is 49.6 Å². The highest BCUT2D eigenvalue weighted by atomic mass is 16.2. The summed E-state index contributed by atoms with van der Waals surface area (Å²) in [4.78, 5) is 13.9. The Kier molecular flexibility index (Phi) is 4.52. The topological polar surface area (TPSA) is 20.3 Å². The van der Waals surface area contributed by atoms with Gasteiger partial charge >= 0.3 is 0 Å². The van der Waals surface area contributed by atoms with Gasteiger partial charge in [0, 0.05) is 18.7 Å². The maximum absolute atomic E-state index is 12.2. The molecule has 1 amide bonds. The van der Waals surface area contributed by atoms with E-state index in [2.05, 4.69) is 13.2 Å². The Morgan fingerprint density at radius 1 is 1.25 bits per heavy atom. The Morgan fingerprint density at radius 3 is 2.31 bits per heavy atom. The molecule has 0 N–H and O–H groups in total. The molecule has 0 fully saturated rings. The molecule has 2 nitrogen and oxygen atoms in total. The quantitative estimate of drug-likeness (QED) is 0.692. The van der Waals surface area contributed by atoms with Gasteiger partial charge in [0.1, 0.15) is 0 Å². The number of nitrogens with zero attached hydrogens (tertiary/aromatic N) is 1. The molecule has 0 saturated carbocycles. The summed E-state index contributed by atoms with van der Waals surface area (Å²) in [7, 11) is 0. The van der Waals surface area contributed by atoms with Gasteiger partial charge in [0.15, 0.2) is 0 Å². The van der Waals surface area contributed by atoms with Gasteiger partial charge in [-0.1, -0.05) is 30.4 Å². The van der Waals surface area contributed by atoms with Crippen molar-refractivity contribution >= 4 is 5.91 Å². The fraction of sp³-hybridized carbons (Fsp3) is 0.214. The van der Waals surface area contributed by atoms with Crippen LogP contribution >= 0.6 is 0 Å². The standard InChI is InChI=1S/C14H17NO/c1-4-10-15(11-5-2)14(16)13-9-7-6-8-12(13)3/h4-9H,1-2,10-11H2,3H3. The molecule has 16 heavy (non-hydrogen) atoms. The van der Waals surface area contributed by atoms with Gasteiger partial charge in [-0.15, -0.1) is 13.2 Å². The van der Waals surface area contributed by atoms with Crippen LogP contribution in [0.3, 0.4) is 0 Å². The summed E-state index contributed by atoms with van der Waals surface area (Å²) in [5.41, 5.74) is 1.73. The number of amides is 1. The van der Waals surface area contributed by atoms with Crippen molar-refractivity contribution in [2.75, 3.05) is 13.1 Å². The van der Waals surface area contributed by atoms with Crippen LogP contribution in [0, 0.1) is 6.92 Å². The van der Waals surface area contributed by atoms with E-state index in [9.17, 15) is 4.79 Å². The average Bonchev–Trinajstić information content (AvgIpc) is 2.28. The van der Waals surface area contributed by atoms with Gasteiger partial charge in [-0.05, 0) is 18.6 Å². The van der Waals surface area contributed by atoms with Gasteiger partial charge in [-0.2, -0.15) is 0 Å². The fourth-order valence-electron chi connectivity index (χ4n) is 1.54. The van der Waals surface area contributed by atoms with Crippen LogP contribution < -0.4 is 0 Å². The van der Waals surface area contributed by atoms with Crippen molar-refractivity contribution in [2.24, 2.45) is 0 Å². The molecule has 2 heteroatoms. The van der Waals surface area contributed by atoms with Crippen LogP contribution in [0.1, 0.15) is 15.9 Å². The molecule has 0 aliphatic heterocycles. The zero-order valence-electron chi connectivity index (χ0n) is 9.65. The lowest BCUT2D eigenvalue weighted by atomic mass is 10.1. The van der Waals surface area contributed by atoms with Crippen molar-refractivity contribution in [1.82, 2.24) is 4.90 Å². The number of hydrogen-bond donors (Lipinski definition) is 0. The molecule has 0 saturated heterocycles. The third-order valence-electron chi connectivity index (χ3n) is 2.36. The van der Waals surface area contributed by atoms with Crippen LogP contribution in [-0.2, 0) is 0 Å². The monoisotopic (exact) mass is 215 g/mol. The largest absolute Gasteiger partial charge is 0.331 e. The molecule has 1 aromatic rings. The molecule has 0 bridgehead atoms. The van der Waals surface area contributed by atoms with Crippen LogP contribution in [-0.4, -0.2) is 23.9 Å². The maximum atomic E-state index is 12.2. The van der Waals surface area contributed by atoms with Gasteiger partial charge in [-0.3, -0.25) is 4.79 Å². The lowest BCUT2D eigenvalue weighted by molar-refractivity contribution is 0.0790. The fourth-order valence-corrected chi connectivity index (χ4v) is 1.54. The van der Waals surface area contributed by atoms with Gasteiger partial charge in [0.2, 0.25) is 0 Å². The Hall–Kier alpha value is -1.83. The predicted octanol–water partition coefficient (Wildman–Crippen LogP) is 2.81. The molecule has 84 valence electrons. The van der Waals surface area contributed by atoms with Crippen molar-refractivity contribution in [2.45, 2.75) is 6.92 Å². The highest BCUT2D eigenvalue weighted by Gasteiger charge is 2.14. The number of carbonyl (C=O) groups is 1. The molecule has 0 radical (unpaired) electrons. The second kappa shape index (κ2) is 5.91. The molecule has 0 spiro atoms. The van der Waals surface area contributed by atoms with Crippen LogP contribution in [0.5, 0.6) is 0 Å². The second-order valence-electron chi connectivity index (χ2n) is 3.60. The first-order valence-corrected chi connectivity index (χ1v) is 5.27. The first-order chi connectivity index (χ1) is 7.70. The highest BCUT2D eigenvalue weighted by Crippen LogP contribution is 2.10. The number of carbonyl (C=O) groups excluding carboxylic acids is 1. The van der Waals surface area contributed by atoms with E-state index in [4.69, 9.17) is 0 Å². The first kappa shape index (κ1) is 12.2. The second-order valence-corrected chi connectivity index (χ2v) is 3.60. The Labute approximate surface area is 96.9 Å². The number of rotatable bonds is 5. The van der Waals surface area contributed by atoms with Crippen LogP contribution in [0.2, 0.25) is 0 Å². The van der Waals surface area contributed by atoms with Crippen molar-refractivity contribution < 1.29 is 4.79 Å². The minimum Gasteiger partial charge on any atom is -0.331 e. The maximum Gasteiger partial charge on any atom is 0.254 e. The molecule has 0 aromatic heterocycles. The van der Waals surface area contributed by atoms with E-state index in [1.807, 2.05) is 31.2 Å². The van der Waals surface area contributed by atoms with E-state index in [-0.39, 0.29) is 5.91 Å². The summed E-state index contributed by atoms with van der Waals surface area (Å²) in [5, 5.41) is 0. The molecule has 0 unspecified atom stereocenters. The van der Waals surface area contributed by atoms with E-state index >= 15 is 0 Å². The third-order valence-corrected chi connectivity index (χ3v) is 2.36. The van der Waals surface area contributed by atoms with Gasteiger partial charge < -0.3 is 4.90 Å². The lowest BCUT2D eigenvalue weighted by Gasteiger charge is -2.20. The molecule has 1 aromatic carbocycles. The van der Waals surface area contributed by atoms with Crippen LogP contribution in [0.25, 0.3) is 0 Å². The molecule has 0 heterocycles. The van der Waals surface area contributed by atoms with Gasteiger partial charge in [0.25, 0.3) is 5.91 Å². The zero-order chi connectivity index (χ0) is 12.0. The zero-order valence-corrected chi connectivity index (χ0v) is 9.65. The summed E-state index contributed by atoms with van der Waals surface area (Å²) in [5.74, 6) is 0.0258. The Morgan fingerprint density at radius 2 is 1.81 bits per heavy atom. The highest BCUT2D eigenvalue weighted by molar-refractivity contribution is 5.95. The van der Waals surface area contributed by atoms with Crippen molar-refractivity contribution in [3.8, 4) is 0 Å². The predicted molar refractivity (Wildman–Crippen MR) is 67.5 cm³/mol. The van der Waals surface area contributed by atoms with E-state index in [1.165, 1.54) is 0 Å². The van der Waals surface area contributed by atoms with E-state index < -0.39 is 0 Å². The van der Waals surface area contributed by atoms with Crippen molar-refractivity contribution in [3.63, 3.8) is 0 Å². The molecular weight excluding hydrogens is 198 g/mol. The summed E-state index contributed by atoms with van der Waals surface area (Å²) >= 11 is 0. The van der Waals surface area contributed by atoms with Crippen molar-refractivity contribution in [3.05, 3.63) is 60.7 Å². The summed E-state index contributed by atoms with van der Waals surface area (Å²) < 4.78 is 0. The van der Waals surface area contributed by atoms with Gasteiger partial charge in [-0.25, -0.2) is 0 Å². The number of hydrogen-bond acceptors (Lipinski definition) is 1. The normalized spacial score (nSPS) is 9.56. The van der Waals surface area contributed by atoms with Crippen molar-refractivity contribution in [1.29, 1.82) is 0 Å². The van der Waals surface area contributed by atoms with Crippen LogP contribution in [0.4, 0.5) is 0 Å². The van der Waals surface area contributed by atoms with E-state index in [1.54, 1.807) is 17.1 Å². The first-order valence-electron chi connectivity index (χ1n) is 5.27. The van der Waals surface area contributed by atoms with Gasteiger partial charge in [0.05, 0.1) is 0 Å². The number of benzene rings is 1. The minimum atomic E-state index is 0.0258. The molecular formula is C14H17NO. The van der Waals surface area contributed by atoms with E-state index in [0.717, 1.165) is 11.1 Å². The smallest absolute Gasteiger partial charge is 0.254 e. The summed E-state index contributed by atoms with van der Waals surface area (Å²) in [6.07, 6.45) is 3.44. The molecule has 0 aliphatic carbocycles. The minimum absolute atomic E-state index is 0.0258. The summed E-state index contributed by atoms with van der Waals surface area (Å²) in [6.45, 7) is 10.3. The Balaban J connectivity index is 2.94. The summed E-state index contributed by atoms with van der Waals surface area (Å²) in [6, 6.07) is 7.59. The molecule has 0 atom stereocenters. The lowest BCUT2D eigenvalue weighted by Crippen LogP contribution is -2.31.